The molecular weight excluding hydrogens is 216 g/mol. The maximum Gasteiger partial charge on any atom is 0.413 e. The molecule has 1 heterocycles. The highest BCUT2D eigenvalue weighted by atomic mass is 16.5. The summed E-state index contributed by atoms with van der Waals surface area (Å²) in [5, 5.41) is 0. The Bertz CT molecular complexity index is 383. The number of nitrogens with zero attached hydrogens (tertiary/aromatic N) is 2. The van der Waals surface area contributed by atoms with Gasteiger partial charge in [0.05, 0.1) is 7.11 Å². The van der Waals surface area contributed by atoms with Gasteiger partial charge in [0.1, 0.15) is 0 Å². The maximum atomic E-state index is 11.3. The average Bonchev–Trinajstić information content (AvgIpc) is 2.91. The Balaban J connectivity index is 2.09. The number of hydrogen-bond donors (Lipinski definition) is 0. The molecule has 0 unspecified atom stereocenters. The van der Waals surface area contributed by atoms with Gasteiger partial charge in [-0.1, -0.05) is 0 Å². The normalized spacial score (nSPS) is 14.8. The van der Waals surface area contributed by atoms with Crippen molar-refractivity contribution in [3.8, 4) is 0 Å². The SMILES string of the molecule is COC(=O)N(C)c1ccc(N2CCCC2)cc1. The molecule has 0 saturated carbocycles. The zero-order valence-electron chi connectivity index (χ0n) is 10.3. The molecule has 1 amide bonds. The quantitative estimate of drug-likeness (QED) is 0.788. The predicted molar refractivity (Wildman–Crippen MR) is 68.7 cm³/mol. The maximum absolute atomic E-state index is 11.3. The summed E-state index contributed by atoms with van der Waals surface area (Å²) < 4.78 is 4.67. The van der Waals surface area contributed by atoms with E-state index in [1.165, 1.54) is 30.5 Å². The summed E-state index contributed by atoms with van der Waals surface area (Å²) in [7, 11) is 3.09. The first-order valence-corrected chi connectivity index (χ1v) is 5.89. The molecule has 0 N–H and O–H groups in total. The molecule has 0 spiro atoms. The van der Waals surface area contributed by atoms with Crippen molar-refractivity contribution < 1.29 is 9.53 Å². The number of methoxy groups -OCH3 is 1. The van der Waals surface area contributed by atoms with Gasteiger partial charge in [-0.3, -0.25) is 4.90 Å². The van der Waals surface area contributed by atoms with Crippen molar-refractivity contribution in [2.24, 2.45) is 0 Å². The summed E-state index contributed by atoms with van der Waals surface area (Å²) in [6.45, 7) is 2.26. The lowest BCUT2D eigenvalue weighted by atomic mass is 10.2. The van der Waals surface area contributed by atoms with Crippen LogP contribution in [0.25, 0.3) is 0 Å². The fourth-order valence-electron chi connectivity index (χ4n) is 2.10. The number of carbonyl (C=O) groups excluding carboxylic acids is 1. The van der Waals surface area contributed by atoms with Crippen LogP contribution in [0.4, 0.5) is 16.2 Å². The predicted octanol–water partition coefficient (Wildman–Crippen LogP) is 2.49. The smallest absolute Gasteiger partial charge is 0.413 e. The zero-order chi connectivity index (χ0) is 12.3. The molecule has 1 aromatic carbocycles. The highest BCUT2D eigenvalue weighted by Gasteiger charge is 2.14. The topological polar surface area (TPSA) is 32.8 Å². The van der Waals surface area contributed by atoms with Gasteiger partial charge in [-0.25, -0.2) is 4.79 Å². The van der Waals surface area contributed by atoms with E-state index in [-0.39, 0.29) is 6.09 Å². The van der Waals surface area contributed by atoms with Crippen molar-refractivity contribution in [1.82, 2.24) is 0 Å². The molecule has 1 saturated heterocycles. The van der Waals surface area contributed by atoms with Crippen LogP contribution < -0.4 is 9.80 Å². The Labute approximate surface area is 102 Å². The van der Waals surface area contributed by atoms with Crippen molar-refractivity contribution in [1.29, 1.82) is 0 Å². The van der Waals surface area contributed by atoms with Crippen LogP contribution in [0.2, 0.25) is 0 Å². The Morgan fingerprint density at radius 2 is 1.82 bits per heavy atom. The van der Waals surface area contributed by atoms with Crippen LogP contribution in [0.15, 0.2) is 24.3 Å². The number of carbonyl (C=O) groups is 1. The lowest BCUT2D eigenvalue weighted by Gasteiger charge is -2.20. The largest absolute Gasteiger partial charge is 0.452 e. The Morgan fingerprint density at radius 3 is 2.35 bits per heavy atom. The second kappa shape index (κ2) is 5.08. The first-order chi connectivity index (χ1) is 8.22. The molecule has 1 fully saturated rings. The van der Waals surface area contributed by atoms with Gasteiger partial charge in [0, 0.05) is 31.5 Å². The zero-order valence-corrected chi connectivity index (χ0v) is 10.3. The highest BCUT2D eigenvalue weighted by Crippen LogP contribution is 2.23. The van der Waals surface area contributed by atoms with E-state index in [0.717, 1.165) is 18.8 Å². The van der Waals surface area contributed by atoms with Crippen LogP contribution in [-0.4, -0.2) is 33.3 Å². The number of ether oxygens (including phenoxy) is 1. The van der Waals surface area contributed by atoms with Crippen molar-refractivity contribution in [3.05, 3.63) is 24.3 Å². The lowest BCUT2D eigenvalue weighted by molar-refractivity contribution is 0.180. The molecule has 0 radical (unpaired) electrons. The fourth-order valence-corrected chi connectivity index (χ4v) is 2.10. The molecule has 4 nitrogen and oxygen atoms in total. The standard InChI is InChI=1S/C13H18N2O2/c1-14(13(16)17-2)11-5-7-12(8-6-11)15-9-3-4-10-15/h5-8H,3-4,9-10H2,1-2H3. The molecule has 1 aliphatic rings. The average molecular weight is 234 g/mol. The number of hydrogen-bond acceptors (Lipinski definition) is 3. The third kappa shape index (κ3) is 2.52. The van der Waals surface area contributed by atoms with Crippen LogP contribution in [-0.2, 0) is 4.74 Å². The van der Waals surface area contributed by atoms with Gasteiger partial charge in [-0.2, -0.15) is 0 Å². The van der Waals surface area contributed by atoms with Gasteiger partial charge in [0.2, 0.25) is 0 Å². The second-order valence-electron chi connectivity index (χ2n) is 4.24. The van der Waals surface area contributed by atoms with Crippen LogP contribution in [0.5, 0.6) is 0 Å². The van der Waals surface area contributed by atoms with E-state index in [1.807, 2.05) is 12.1 Å². The summed E-state index contributed by atoms with van der Waals surface area (Å²) in [5.74, 6) is 0. The Morgan fingerprint density at radius 1 is 1.24 bits per heavy atom. The van der Waals surface area contributed by atoms with Gasteiger partial charge in [0.15, 0.2) is 0 Å². The molecule has 0 atom stereocenters. The summed E-state index contributed by atoms with van der Waals surface area (Å²) in [6.07, 6.45) is 2.19. The van der Waals surface area contributed by atoms with Crippen molar-refractivity contribution in [3.63, 3.8) is 0 Å². The number of amides is 1. The summed E-state index contributed by atoms with van der Waals surface area (Å²) >= 11 is 0. The van der Waals surface area contributed by atoms with Crippen LogP contribution in [0.1, 0.15) is 12.8 Å². The van der Waals surface area contributed by atoms with E-state index in [4.69, 9.17) is 0 Å². The summed E-state index contributed by atoms with van der Waals surface area (Å²) in [6, 6.07) is 8.01. The van der Waals surface area contributed by atoms with Crippen LogP contribution in [0.3, 0.4) is 0 Å². The molecule has 0 bridgehead atoms. The minimum Gasteiger partial charge on any atom is -0.452 e. The summed E-state index contributed by atoms with van der Waals surface area (Å²) in [4.78, 5) is 15.2. The van der Waals surface area contributed by atoms with Gasteiger partial charge in [-0.15, -0.1) is 0 Å². The Kier molecular flexibility index (Phi) is 3.52. The summed E-state index contributed by atoms with van der Waals surface area (Å²) in [5.41, 5.74) is 2.07. The minimum absolute atomic E-state index is 0.348. The number of anilines is 2. The van der Waals surface area contributed by atoms with E-state index in [9.17, 15) is 4.79 Å². The van der Waals surface area contributed by atoms with E-state index < -0.39 is 0 Å². The Hall–Kier alpha value is -1.71. The first kappa shape index (κ1) is 11.8. The van der Waals surface area contributed by atoms with Gasteiger partial charge < -0.3 is 9.64 Å². The van der Waals surface area contributed by atoms with Crippen LogP contribution in [0, 0.1) is 0 Å². The van der Waals surface area contributed by atoms with Gasteiger partial charge >= 0.3 is 6.09 Å². The third-order valence-corrected chi connectivity index (χ3v) is 3.16. The van der Waals surface area contributed by atoms with Crippen molar-refractivity contribution in [2.75, 3.05) is 37.0 Å². The van der Waals surface area contributed by atoms with E-state index in [1.54, 1.807) is 7.05 Å². The molecule has 0 aromatic heterocycles. The molecule has 1 aromatic rings. The van der Waals surface area contributed by atoms with Crippen LogP contribution >= 0.6 is 0 Å². The molecule has 92 valence electrons. The van der Waals surface area contributed by atoms with Crippen molar-refractivity contribution in [2.45, 2.75) is 12.8 Å². The molecular formula is C13H18N2O2. The van der Waals surface area contributed by atoms with E-state index in [2.05, 4.69) is 21.8 Å². The highest BCUT2D eigenvalue weighted by molar-refractivity contribution is 5.87. The van der Waals surface area contributed by atoms with E-state index in [0.29, 0.717) is 0 Å². The molecule has 2 rings (SSSR count). The van der Waals surface area contributed by atoms with Crippen molar-refractivity contribution >= 4 is 17.5 Å². The fraction of sp³-hybridized carbons (Fsp3) is 0.462. The third-order valence-electron chi connectivity index (χ3n) is 3.16. The number of benzene rings is 1. The van der Waals surface area contributed by atoms with E-state index >= 15 is 0 Å². The monoisotopic (exact) mass is 234 g/mol. The molecule has 17 heavy (non-hydrogen) atoms. The second-order valence-corrected chi connectivity index (χ2v) is 4.24. The van der Waals surface area contributed by atoms with Gasteiger partial charge in [-0.05, 0) is 37.1 Å². The molecule has 0 aliphatic carbocycles. The lowest BCUT2D eigenvalue weighted by Crippen LogP contribution is -2.25. The molecule has 1 aliphatic heterocycles. The minimum atomic E-state index is -0.348. The number of rotatable bonds is 2. The first-order valence-electron chi connectivity index (χ1n) is 5.89. The molecule has 4 heteroatoms. The van der Waals surface area contributed by atoms with Gasteiger partial charge in [0.25, 0.3) is 0 Å².